The molecule has 1 fully saturated rings. The van der Waals surface area contributed by atoms with E-state index in [1.54, 1.807) is 29.2 Å². The van der Waals surface area contributed by atoms with Crippen LogP contribution in [0.4, 0.5) is 11.4 Å². The molecule has 0 aromatic heterocycles. The molecular formula is C21H21ClN2O4. The second-order valence-corrected chi connectivity index (χ2v) is 7.30. The van der Waals surface area contributed by atoms with Crippen molar-refractivity contribution < 1.29 is 19.1 Å². The van der Waals surface area contributed by atoms with Crippen molar-refractivity contribution in [1.29, 1.82) is 0 Å². The van der Waals surface area contributed by atoms with Crippen LogP contribution in [0.15, 0.2) is 42.5 Å². The fourth-order valence-corrected chi connectivity index (χ4v) is 3.41. The summed E-state index contributed by atoms with van der Waals surface area (Å²) >= 11 is 5.87. The Hall–Kier alpha value is -2.86. The minimum absolute atomic E-state index is 0.0715. The van der Waals surface area contributed by atoms with Gasteiger partial charge in [-0.15, -0.1) is 0 Å². The molecular weight excluding hydrogens is 380 g/mol. The molecule has 6 nitrogen and oxygen atoms in total. The molecule has 1 saturated heterocycles. The summed E-state index contributed by atoms with van der Waals surface area (Å²) in [6, 6.07) is 12.5. The lowest BCUT2D eigenvalue weighted by Gasteiger charge is -2.19. The van der Waals surface area contributed by atoms with E-state index >= 15 is 0 Å². The fraction of sp³-hybridized carbons (Fsp3) is 0.286. The standard InChI is InChI=1S/C21H21ClN2O4/c1-13-6-7-18(14(2)8-13)24-11-15(9-20(24)26)21(27)28-12-19(25)23-17-5-3-4-16(22)10-17/h3-8,10,15H,9,11-12H2,1-2H3,(H,23,25)/t15-/m1/s1. The molecule has 1 heterocycles. The highest BCUT2D eigenvalue weighted by Crippen LogP contribution is 2.29. The van der Waals surface area contributed by atoms with Crippen molar-refractivity contribution in [2.24, 2.45) is 5.92 Å². The van der Waals surface area contributed by atoms with Crippen LogP contribution in [0.1, 0.15) is 17.5 Å². The third kappa shape index (κ3) is 4.70. The van der Waals surface area contributed by atoms with Crippen molar-refractivity contribution in [3.05, 3.63) is 58.6 Å². The summed E-state index contributed by atoms with van der Waals surface area (Å²) in [6.45, 7) is 3.75. The first-order valence-electron chi connectivity index (χ1n) is 8.93. The van der Waals surface area contributed by atoms with E-state index in [1.165, 1.54) is 0 Å². The van der Waals surface area contributed by atoms with E-state index in [1.807, 2.05) is 32.0 Å². The van der Waals surface area contributed by atoms with Crippen molar-refractivity contribution >= 4 is 40.8 Å². The quantitative estimate of drug-likeness (QED) is 0.779. The molecule has 1 atom stereocenters. The number of carbonyl (C=O) groups excluding carboxylic acids is 3. The Morgan fingerprint density at radius 1 is 1.21 bits per heavy atom. The smallest absolute Gasteiger partial charge is 0.311 e. The van der Waals surface area contributed by atoms with Gasteiger partial charge in [0.05, 0.1) is 5.92 Å². The lowest BCUT2D eigenvalue weighted by Crippen LogP contribution is -2.28. The van der Waals surface area contributed by atoms with E-state index in [0.29, 0.717) is 10.7 Å². The minimum Gasteiger partial charge on any atom is -0.455 e. The third-order valence-corrected chi connectivity index (χ3v) is 4.79. The van der Waals surface area contributed by atoms with Gasteiger partial charge in [-0.05, 0) is 43.7 Å². The summed E-state index contributed by atoms with van der Waals surface area (Å²) in [5.74, 6) is -1.74. The number of nitrogens with one attached hydrogen (secondary N) is 1. The number of amides is 2. The van der Waals surface area contributed by atoms with Gasteiger partial charge in [0.1, 0.15) is 0 Å². The molecule has 28 heavy (non-hydrogen) atoms. The van der Waals surface area contributed by atoms with E-state index in [2.05, 4.69) is 5.32 Å². The van der Waals surface area contributed by atoms with Gasteiger partial charge in [0.15, 0.2) is 6.61 Å². The lowest BCUT2D eigenvalue weighted by atomic mass is 10.1. The summed E-state index contributed by atoms with van der Waals surface area (Å²) in [5.41, 5.74) is 3.40. The number of aryl methyl sites for hydroxylation is 2. The van der Waals surface area contributed by atoms with Gasteiger partial charge in [0.2, 0.25) is 5.91 Å². The summed E-state index contributed by atoms with van der Waals surface area (Å²) in [5, 5.41) is 3.10. The highest BCUT2D eigenvalue weighted by Gasteiger charge is 2.36. The van der Waals surface area contributed by atoms with Crippen LogP contribution in [-0.2, 0) is 19.1 Å². The molecule has 2 amide bonds. The predicted molar refractivity (Wildman–Crippen MR) is 107 cm³/mol. The molecule has 1 aliphatic heterocycles. The molecule has 0 bridgehead atoms. The molecule has 2 aromatic carbocycles. The molecule has 1 N–H and O–H groups in total. The van der Waals surface area contributed by atoms with Gasteiger partial charge in [-0.3, -0.25) is 14.4 Å². The van der Waals surface area contributed by atoms with Crippen molar-refractivity contribution in [3.8, 4) is 0 Å². The van der Waals surface area contributed by atoms with Crippen LogP contribution in [0.5, 0.6) is 0 Å². The Morgan fingerprint density at radius 2 is 2.00 bits per heavy atom. The Labute approximate surface area is 168 Å². The topological polar surface area (TPSA) is 75.7 Å². The average molecular weight is 401 g/mol. The normalized spacial score (nSPS) is 16.2. The Bertz CT molecular complexity index is 928. The van der Waals surface area contributed by atoms with Gasteiger partial charge >= 0.3 is 5.97 Å². The molecule has 7 heteroatoms. The van der Waals surface area contributed by atoms with Crippen LogP contribution in [0.2, 0.25) is 5.02 Å². The maximum absolute atomic E-state index is 12.4. The number of ether oxygens (including phenoxy) is 1. The number of benzene rings is 2. The Balaban J connectivity index is 1.55. The van der Waals surface area contributed by atoms with Crippen LogP contribution in [0, 0.1) is 19.8 Å². The van der Waals surface area contributed by atoms with Gasteiger partial charge in [0.25, 0.3) is 5.91 Å². The second kappa shape index (κ2) is 8.44. The molecule has 0 unspecified atom stereocenters. The fourth-order valence-electron chi connectivity index (χ4n) is 3.22. The largest absolute Gasteiger partial charge is 0.455 e. The number of hydrogen-bond donors (Lipinski definition) is 1. The molecule has 3 rings (SSSR count). The van der Waals surface area contributed by atoms with Crippen molar-refractivity contribution in [2.75, 3.05) is 23.4 Å². The van der Waals surface area contributed by atoms with Gasteiger partial charge in [-0.25, -0.2) is 0 Å². The highest BCUT2D eigenvalue weighted by molar-refractivity contribution is 6.30. The van der Waals surface area contributed by atoms with Gasteiger partial charge in [-0.2, -0.15) is 0 Å². The molecule has 0 spiro atoms. The summed E-state index contributed by atoms with van der Waals surface area (Å²) in [7, 11) is 0. The number of halogens is 1. The van der Waals surface area contributed by atoms with E-state index in [4.69, 9.17) is 16.3 Å². The highest BCUT2D eigenvalue weighted by atomic mass is 35.5. The maximum atomic E-state index is 12.4. The number of anilines is 2. The minimum atomic E-state index is -0.591. The summed E-state index contributed by atoms with van der Waals surface area (Å²) in [4.78, 5) is 38.2. The van der Waals surface area contributed by atoms with Crippen LogP contribution in [0.25, 0.3) is 0 Å². The van der Waals surface area contributed by atoms with Gasteiger partial charge in [0, 0.05) is 29.4 Å². The SMILES string of the molecule is Cc1ccc(N2C[C@H](C(=O)OCC(=O)Nc3cccc(Cl)c3)CC2=O)c(C)c1. The first-order valence-corrected chi connectivity index (χ1v) is 9.31. The van der Waals surface area contributed by atoms with Crippen molar-refractivity contribution in [2.45, 2.75) is 20.3 Å². The van der Waals surface area contributed by atoms with Crippen molar-refractivity contribution in [1.82, 2.24) is 0 Å². The zero-order chi connectivity index (χ0) is 20.3. The van der Waals surface area contributed by atoms with Crippen molar-refractivity contribution in [3.63, 3.8) is 0 Å². The zero-order valence-corrected chi connectivity index (χ0v) is 16.5. The first kappa shape index (κ1) is 19.9. The Morgan fingerprint density at radius 3 is 2.71 bits per heavy atom. The molecule has 1 aliphatic rings. The Kier molecular flexibility index (Phi) is 5.99. The molecule has 146 valence electrons. The van der Waals surface area contributed by atoms with E-state index < -0.39 is 24.4 Å². The number of rotatable bonds is 5. The zero-order valence-electron chi connectivity index (χ0n) is 15.7. The third-order valence-electron chi connectivity index (χ3n) is 4.56. The predicted octanol–water partition coefficient (Wildman–Crippen LogP) is 3.49. The van der Waals surface area contributed by atoms with E-state index in [0.717, 1.165) is 16.8 Å². The van der Waals surface area contributed by atoms with E-state index in [-0.39, 0.29) is 18.9 Å². The van der Waals surface area contributed by atoms with E-state index in [9.17, 15) is 14.4 Å². The van der Waals surface area contributed by atoms with Gasteiger partial charge < -0.3 is 15.0 Å². The number of nitrogens with zero attached hydrogens (tertiary/aromatic N) is 1. The lowest BCUT2D eigenvalue weighted by molar-refractivity contribution is -0.151. The number of hydrogen-bond acceptors (Lipinski definition) is 4. The molecule has 0 radical (unpaired) electrons. The summed E-state index contributed by atoms with van der Waals surface area (Å²) < 4.78 is 5.11. The molecule has 2 aromatic rings. The van der Waals surface area contributed by atoms with Crippen LogP contribution in [0.3, 0.4) is 0 Å². The number of carbonyl (C=O) groups is 3. The maximum Gasteiger partial charge on any atom is 0.311 e. The van der Waals surface area contributed by atoms with Gasteiger partial charge in [-0.1, -0.05) is 35.4 Å². The second-order valence-electron chi connectivity index (χ2n) is 6.86. The molecule has 0 saturated carbocycles. The first-order chi connectivity index (χ1) is 13.3. The van der Waals surface area contributed by atoms with Crippen LogP contribution >= 0.6 is 11.6 Å². The number of esters is 1. The average Bonchev–Trinajstić information content (AvgIpc) is 3.01. The molecule has 0 aliphatic carbocycles. The summed E-state index contributed by atoms with van der Waals surface area (Å²) in [6.07, 6.45) is 0.0715. The van der Waals surface area contributed by atoms with Crippen LogP contribution < -0.4 is 10.2 Å². The monoisotopic (exact) mass is 400 g/mol. The van der Waals surface area contributed by atoms with Crippen LogP contribution in [-0.4, -0.2) is 30.9 Å².